The number of hydrogen-bond acceptors (Lipinski definition) is 4. The first-order valence-electron chi connectivity index (χ1n) is 7.05. The molecule has 0 aromatic carbocycles. The highest BCUT2D eigenvalue weighted by molar-refractivity contribution is 5.27. The maximum absolute atomic E-state index is 10.1. The molecule has 0 amide bonds. The van der Waals surface area contributed by atoms with Crippen LogP contribution in [0.4, 0.5) is 0 Å². The van der Waals surface area contributed by atoms with E-state index in [9.17, 15) is 10.2 Å². The molecule has 1 heterocycles. The fourth-order valence-electron chi connectivity index (χ4n) is 2.79. The average Bonchev–Trinajstić information content (AvgIpc) is 2.37. The van der Waals surface area contributed by atoms with Crippen molar-refractivity contribution < 1.29 is 10.2 Å². The first-order chi connectivity index (χ1) is 9.01. The Balaban J connectivity index is 1.90. The molecule has 1 aromatic heterocycles. The van der Waals surface area contributed by atoms with E-state index in [1.165, 1.54) is 6.42 Å². The molecular weight excluding hydrogens is 240 g/mol. The van der Waals surface area contributed by atoms with Gasteiger partial charge < -0.3 is 15.5 Å². The Morgan fingerprint density at radius 3 is 2.95 bits per heavy atom. The van der Waals surface area contributed by atoms with E-state index in [2.05, 4.69) is 17.2 Å². The van der Waals surface area contributed by atoms with Crippen molar-refractivity contribution in [1.29, 1.82) is 0 Å². The number of aliphatic hydroxyl groups is 1. The average molecular weight is 264 g/mol. The molecule has 2 rings (SSSR count). The van der Waals surface area contributed by atoms with E-state index in [0.717, 1.165) is 31.5 Å². The minimum absolute atomic E-state index is 0.0578. The van der Waals surface area contributed by atoms with Crippen LogP contribution in [0.25, 0.3) is 0 Å². The van der Waals surface area contributed by atoms with Gasteiger partial charge in [-0.05, 0) is 31.9 Å². The van der Waals surface area contributed by atoms with Crippen molar-refractivity contribution in [2.45, 2.75) is 52.2 Å². The quantitative estimate of drug-likeness (QED) is 0.779. The standard InChI is InChI=1S/C15H24N2O2/c1-11-6-7-13(18)12(17-11)9-16-10-15(2)8-4-3-5-14(15)19/h6-7,14,16,18-19H,3-5,8-10H2,1-2H3. The summed E-state index contributed by atoms with van der Waals surface area (Å²) in [4.78, 5) is 4.32. The molecule has 2 atom stereocenters. The minimum Gasteiger partial charge on any atom is -0.506 e. The molecular formula is C15H24N2O2. The van der Waals surface area contributed by atoms with Crippen molar-refractivity contribution >= 4 is 0 Å². The lowest BCUT2D eigenvalue weighted by molar-refractivity contribution is 0.00109. The summed E-state index contributed by atoms with van der Waals surface area (Å²) in [6.07, 6.45) is 4.02. The van der Waals surface area contributed by atoms with Crippen LogP contribution >= 0.6 is 0 Å². The molecule has 106 valence electrons. The number of nitrogens with zero attached hydrogens (tertiary/aromatic N) is 1. The number of aromatic nitrogens is 1. The zero-order valence-electron chi connectivity index (χ0n) is 11.8. The van der Waals surface area contributed by atoms with Crippen LogP contribution in [0.2, 0.25) is 0 Å². The van der Waals surface area contributed by atoms with Crippen molar-refractivity contribution in [3.63, 3.8) is 0 Å². The monoisotopic (exact) mass is 264 g/mol. The summed E-state index contributed by atoms with van der Waals surface area (Å²) in [5.41, 5.74) is 1.52. The summed E-state index contributed by atoms with van der Waals surface area (Å²) in [5, 5.41) is 23.2. The summed E-state index contributed by atoms with van der Waals surface area (Å²) in [6.45, 7) is 5.33. The Bertz CT molecular complexity index is 436. The van der Waals surface area contributed by atoms with Crippen molar-refractivity contribution in [1.82, 2.24) is 10.3 Å². The summed E-state index contributed by atoms with van der Waals surface area (Å²) in [6, 6.07) is 3.47. The molecule has 3 N–H and O–H groups in total. The Kier molecular flexibility index (Phi) is 4.42. The van der Waals surface area contributed by atoms with Gasteiger partial charge in [-0.15, -0.1) is 0 Å². The molecule has 1 aliphatic rings. The first-order valence-corrected chi connectivity index (χ1v) is 7.05. The molecule has 1 aromatic rings. The number of pyridine rings is 1. The Morgan fingerprint density at radius 2 is 2.21 bits per heavy atom. The van der Waals surface area contributed by atoms with Crippen molar-refractivity contribution in [2.24, 2.45) is 5.41 Å². The van der Waals surface area contributed by atoms with Gasteiger partial charge in [0, 0.05) is 24.2 Å². The van der Waals surface area contributed by atoms with Crippen molar-refractivity contribution in [3.05, 3.63) is 23.5 Å². The van der Waals surface area contributed by atoms with Crippen LogP contribution in [-0.4, -0.2) is 27.8 Å². The SMILES string of the molecule is Cc1ccc(O)c(CNCC2(C)CCCCC2O)n1. The lowest BCUT2D eigenvalue weighted by atomic mass is 9.73. The van der Waals surface area contributed by atoms with E-state index in [0.29, 0.717) is 12.2 Å². The zero-order chi connectivity index (χ0) is 13.9. The third kappa shape index (κ3) is 3.45. The molecule has 0 spiro atoms. The molecule has 1 saturated carbocycles. The highest BCUT2D eigenvalue weighted by Crippen LogP contribution is 2.35. The van der Waals surface area contributed by atoms with Gasteiger partial charge in [-0.2, -0.15) is 0 Å². The van der Waals surface area contributed by atoms with Gasteiger partial charge in [-0.1, -0.05) is 19.8 Å². The van der Waals surface area contributed by atoms with E-state index >= 15 is 0 Å². The van der Waals surface area contributed by atoms with Crippen molar-refractivity contribution in [2.75, 3.05) is 6.54 Å². The molecule has 1 aliphatic carbocycles. The maximum Gasteiger partial charge on any atom is 0.138 e. The second kappa shape index (κ2) is 5.88. The summed E-state index contributed by atoms with van der Waals surface area (Å²) in [7, 11) is 0. The topological polar surface area (TPSA) is 65.4 Å². The van der Waals surface area contributed by atoms with E-state index in [-0.39, 0.29) is 17.3 Å². The predicted octanol–water partition coefficient (Wildman–Crippen LogP) is 2.13. The third-order valence-electron chi connectivity index (χ3n) is 4.19. The van der Waals surface area contributed by atoms with Crippen LogP contribution in [-0.2, 0) is 6.54 Å². The normalized spacial score (nSPS) is 27.4. The lowest BCUT2D eigenvalue weighted by Crippen LogP contribution is -2.43. The van der Waals surface area contributed by atoms with Gasteiger partial charge in [0.05, 0.1) is 11.8 Å². The van der Waals surface area contributed by atoms with Crippen molar-refractivity contribution in [3.8, 4) is 5.75 Å². The molecule has 4 nitrogen and oxygen atoms in total. The largest absolute Gasteiger partial charge is 0.506 e. The van der Waals surface area contributed by atoms with E-state index in [4.69, 9.17) is 0 Å². The molecule has 19 heavy (non-hydrogen) atoms. The molecule has 1 fully saturated rings. The fraction of sp³-hybridized carbons (Fsp3) is 0.667. The number of aryl methyl sites for hydroxylation is 1. The number of aliphatic hydroxyl groups excluding tert-OH is 1. The lowest BCUT2D eigenvalue weighted by Gasteiger charge is -2.38. The van der Waals surface area contributed by atoms with Crippen LogP contribution in [0.1, 0.15) is 44.0 Å². The smallest absolute Gasteiger partial charge is 0.138 e. The number of hydrogen-bond donors (Lipinski definition) is 3. The highest BCUT2D eigenvalue weighted by Gasteiger charge is 2.34. The van der Waals surface area contributed by atoms with Gasteiger partial charge >= 0.3 is 0 Å². The summed E-state index contributed by atoms with van der Waals surface area (Å²) >= 11 is 0. The Labute approximate surface area is 114 Å². The van der Waals surface area contributed by atoms with E-state index in [1.54, 1.807) is 12.1 Å². The van der Waals surface area contributed by atoms with Crippen LogP contribution in [0, 0.1) is 12.3 Å². The molecule has 4 heteroatoms. The van der Waals surface area contributed by atoms with Crippen LogP contribution in [0.5, 0.6) is 5.75 Å². The number of aromatic hydroxyl groups is 1. The van der Waals surface area contributed by atoms with Gasteiger partial charge in [-0.3, -0.25) is 4.98 Å². The van der Waals surface area contributed by atoms with E-state index in [1.807, 2.05) is 6.92 Å². The molecule has 2 unspecified atom stereocenters. The zero-order valence-corrected chi connectivity index (χ0v) is 11.8. The highest BCUT2D eigenvalue weighted by atomic mass is 16.3. The predicted molar refractivity (Wildman–Crippen MR) is 74.9 cm³/mol. The fourth-order valence-corrected chi connectivity index (χ4v) is 2.79. The third-order valence-corrected chi connectivity index (χ3v) is 4.19. The van der Waals surface area contributed by atoms with Crippen LogP contribution in [0.3, 0.4) is 0 Å². The molecule has 0 bridgehead atoms. The summed E-state index contributed by atoms with van der Waals surface area (Å²) in [5.74, 6) is 0.229. The molecule has 0 saturated heterocycles. The Morgan fingerprint density at radius 1 is 1.42 bits per heavy atom. The van der Waals surface area contributed by atoms with Crippen LogP contribution < -0.4 is 5.32 Å². The van der Waals surface area contributed by atoms with Gasteiger partial charge in [0.25, 0.3) is 0 Å². The minimum atomic E-state index is -0.229. The summed E-state index contributed by atoms with van der Waals surface area (Å²) < 4.78 is 0. The second-order valence-electron chi connectivity index (χ2n) is 5.94. The van der Waals surface area contributed by atoms with Crippen LogP contribution in [0.15, 0.2) is 12.1 Å². The second-order valence-corrected chi connectivity index (χ2v) is 5.94. The maximum atomic E-state index is 10.1. The Hall–Kier alpha value is -1.13. The first kappa shape index (κ1) is 14.3. The van der Waals surface area contributed by atoms with Gasteiger partial charge in [-0.25, -0.2) is 0 Å². The molecule has 0 radical (unpaired) electrons. The van der Waals surface area contributed by atoms with Gasteiger partial charge in [0.15, 0.2) is 0 Å². The number of nitrogens with one attached hydrogen (secondary N) is 1. The molecule has 0 aliphatic heterocycles. The number of rotatable bonds is 4. The van der Waals surface area contributed by atoms with E-state index < -0.39 is 0 Å². The van der Waals surface area contributed by atoms with Gasteiger partial charge in [0.2, 0.25) is 0 Å². The van der Waals surface area contributed by atoms with Gasteiger partial charge in [0.1, 0.15) is 5.75 Å².